The Morgan fingerprint density at radius 1 is 0.906 bits per heavy atom. The van der Waals surface area contributed by atoms with Crippen molar-refractivity contribution >= 4 is 28.9 Å². The second-order valence-corrected chi connectivity index (χ2v) is 8.51. The molecule has 4 nitrogen and oxygen atoms in total. The van der Waals surface area contributed by atoms with Crippen LogP contribution in [0.1, 0.15) is 12.8 Å². The monoisotopic (exact) mass is 481 g/mol. The molecule has 0 saturated carbocycles. The van der Waals surface area contributed by atoms with Crippen LogP contribution in [0.2, 0.25) is 10.0 Å². The summed E-state index contributed by atoms with van der Waals surface area (Å²) in [6.07, 6.45) is 0.369. The number of pyridine rings is 1. The van der Waals surface area contributed by atoms with Gasteiger partial charge in [-0.05, 0) is 54.3 Å². The molecule has 0 spiro atoms. The van der Waals surface area contributed by atoms with Crippen LogP contribution in [0, 0.1) is 0 Å². The number of hydrogen-bond acceptors (Lipinski definition) is 4. The summed E-state index contributed by atoms with van der Waals surface area (Å²) in [6, 6.07) is 11.2. The molecule has 1 fully saturated rings. The Hall–Kier alpha value is -2.48. The number of nitrogens with two attached hydrogens (primary N) is 1. The van der Waals surface area contributed by atoms with Crippen molar-refractivity contribution in [2.45, 2.75) is 25.2 Å². The summed E-state index contributed by atoms with van der Waals surface area (Å²) in [7, 11) is 0. The molecule has 3 aromatic rings. The fraction of sp³-hybridized carbons (Fsp3) is 0.261. The first-order valence-electron chi connectivity index (χ1n) is 10.0. The van der Waals surface area contributed by atoms with Crippen LogP contribution < -0.4 is 15.4 Å². The first-order valence-corrected chi connectivity index (χ1v) is 10.8. The molecule has 0 bridgehead atoms. The minimum atomic E-state index is -4.74. The van der Waals surface area contributed by atoms with Gasteiger partial charge in [-0.15, -0.1) is 13.2 Å². The van der Waals surface area contributed by atoms with Crippen molar-refractivity contribution < 1.29 is 17.9 Å². The Balaban J connectivity index is 1.82. The molecule has 0 radical (unpaired) electrons. The van der Waals surface area contributed by atoms with Crippen molar-refractivity contribution in [2.24, 2.45) is 5.73 Å². The third-order valence-corrected chi connectivity index (χ3v) is 5.78. The molecule has 2 N–H and O–H groups in total. The summed E-state index contributed by atoms with van der Waals surface area (Å²) < 4.78 is 41.6. The minimum Gasteiger partial charge on any atom is -0.406 e. The van der Waals surface area contributed by atoms with Gasteiger partial charge >= 0.3 is 6.36 Å². The average Bonchev–Trinajstić information content (AvgIpc) is 2.73. The Kier molecular flexibility index (Phi) is 6.51. The summed E-state index contributed by atoms with van der Waals surface area (Å²) >= 11 is 12.5. The lowest BCUT2D eigenvalue weighted by Gasteiger charge is -2.35. The van der Waals surface area contributed by atoms with Crippen LogP contribution in [-0.2, 0) is 0 Å². The van der Waals surface area contributed by atoms with Crippen LogP contribution in [0.25, 0.3) is 22.3 Å². The van der Waals surface area contributed by atoms with Crippen molar-refractivity contribution in [2.75, 3.05) is 18.0 Å². The highest BCUT2D eigenvalue weighted by atomic mass is 35.5. The maximum Gasteiger partial charge on any atom is 0.573 e. The van der Waals surface area contributed by atoms with E-state index >= 15 is 0 Å². The third kappa shape index (κ3) is 5.28. The largest absolute Gasteiger partial charge is 0.573 e. The molecule has 0 atom stereocenters. The molecule has 2 aromatic carbocycles. The Labute approximate surface area is 193 Å². The maximum absolute atomic E-state index is 12.5. The Morgan fingerprint density at radius 2 is 1.47 bits per heavy atom. The first-order chi connectivity index (χ1) is 15.2. The van der Waals surface area contributed by atoms with Crippen molar-refractivity contribution in [3.05, 3.63) is 64.9 Å². The fourth-order valence-corrected chi connectivity index (χ4v) is 4.41. The summed E-state index contributed by atoms with van der Waals surface area (Å²) in [5.41, 5.74) is 10.1. The third-order valence-electron chi connectivity index (χ3n) is 5.35. The van der Waals surface area contributed by atoms with E-state index in [1.807, 2.05) is 12.1 Å². The highest BCUT2D eigenvalue weighted by Crippen LogP contribution is 2.41. The zero-order valence-electron chi connectivity index (χ0n) is 16.9. The maximum atomic E-state index is 12.5. The number of rotatable bonds is 4. The van der Waals surface area contributed by atoms with E-state index < -0.39 is 6.36 Å². The molecule has 9 heteroatoms. The molecule has 168 valence electrons. The van der Waals surface area contributed by atoms with Gasteiger partial charge in [-0.25, -0.2) is 0 Å². The normalized spacial score (nSPS) is 15.1. The predicted molar refractivity (Wildman–Crippen MR) is 121 cm³/mol. The van der Waals surface area contributed by atoms with E-state index in [1.165, 1.54) is 12.1 Å². The highest BCUT2D eigenvalue weighted by molar-refractivity contribution is 6.35. The summed E-state index contributed by atoms with van der Waals surface area (Å²) in [5.74, 6) is -0.280. The fourth-order valence-electron chi connectivity index (χ4n) is 3.89. The quantitative estimate of drug-likeness (QED) is 0.459. The lowest BCUT2D eigenvalue weighted by Crippen LogP contribution is -2.40. The van der Waals surface area contributed by atoms with Gasteiger partial charge < -0.3 is 15.4 Å². The standard InChI is InChI=1S/C23H20Cl2F3N3O/c24-16-9-15(10-17(25)11-16)21-13-30-12-20(22(21)31-7-5-18(29)6-8-31)14-1-3-19(4-2-14)32-23(26,27)28/h1-4,9-13,18H,5-8,29H2. The van der Waals surface area contributed by atoms with Crippen molar-refractivity contribution in [1.29, 1.82) is 0 Å². The molecule has 0 aliphatic carbocycles. The van der Waals surface area contributed by atoms with Gasteiger partial charge in [0.15, 0.2) is 0 Å². The van der Waals surface area contributed by atoms with E-state index in [1.54, 1.807) is 30.6 Å². The number of aromatic nitrogens is 1. The second-order valence-electron chi connectivity index (χ2n) is 7.64. The predicted octanol–water partition coefficient (Wildman–Crippen LogP) is 6.55. The summed E-state index contributed by atoms with van der Waals surface area (Å²) in [6.45, 7) is 1.49. The van der Waals surface area contributed by atoms with Crippen LogP contribution in [0.5, 0.6) is 5.75 Å². The van der Waals surface area contributed by atoms with Crippen LogP contribution in [0.15, 0.2) is 54.9 Å². The molecule has 32 heavy (non-hydrogen) atoms. The van der Waals surface area contributed by atoms with Crippen molar-refractivity contribution in [3.8, 4) is 28.0 Å². The smallest absolute Gasteiger partial charge is 0.406 e. The average molecular weight is 482 g/mol. The number of alkyl halides is 3. The van der Waals surface area contributed by atoms with Gasteiger partial charge in [0.2, 0.25) is 0 Å². The number of anilines is 1. The molecule has 1 aliphatic rings. The number of piperidine rings is 1. The van der Waals surface area contributed by atoms with E-state index in [9.17, 15) is 13.2 Å². The van der Waals surface area contributed by atoms with Gasteiger partial charge in [0.05, 0.1) is 5.69 Å². The molecule has 4 rings (SSSR count). The molecule has 1 aliphatic heterocycles. The minimum absolute atomic E-state index is 0.138. The Morgan fingerprint density at radius 3 is 2.03 bits per heavy atom. The number of halogens is 5. The van der Waals surface area contributed by atoms with Crippen molar-refractivity contribution in [1.82, 2.24) is 4.98 Å². The SMILES string of the molecule is NC1CCN(c2c(-c3ccc(OC(F)(F)F)cc3)cncc2-c2cc(Cl)cc(Cl)c2)CC1. The van der Waals surface area contributed by atoms with E-state index in [-0.39, 0.29) is 11.8 Å². The van der Waals surface area contributed by atoms with Crippen LogP contribution >= 0.6 is 23.2 Å². The Bertz CT molecular complexity index is 1080. The van der Waals surface area contributed by atoms with E-state index in [2.05, 4.69) is 14.6 Å². The summed E-state index contributed by atoms with van der Waals surface area (Å²) in [4.78, 5) is 6.63. The number of benzene rings is 2. The number of hydrogen-bond donors (Lipinski definition) is 1. The summed E-state index contributed by atoms with van der Waals surface area (Å²) in [5, 5.41) is 0.997. The molecular weight excluding hydrogens is 462 g/mol. The molecule has 0 unspecified atom stereocenters. The number of ether oxygens (including phenoxy) is 1. The van der Waals surface area contributed by atoms with Gasteiger partial charge in [0, 0.05) is 52.7 Å². The van der Waals surface area contributed by atoms with Gasteiger partial charge in [-0.3, -0.25) is 4.98 Å². The zero-order chi connectivity index (χ0) is 22.9. The van der Waals surface area contributed by atoms with Gasteiger partial charge in [-0.2, -0.15) is 0 Å². The molecule has 1 saturated heterocycles. The van der Waals surface area contributed by atoms with Gasteiger partial charge in [0.1, 0.15) is 5.75 Å². The lowest BCUT2D eigenvalue weighted by molar-refractivity contribution is -0.274. The van der Waals surface area contributed by atoms with E-state index in [4.69, 9.17) is 28.9 Å². The topological polar surface area (TPSA) is 51.4 Å². The molecule has 1 aromatic heterocycles. The van der Waals surface area contributed by atoms with Crippen LogP contribution in [0.3, 0.4) is 0 Å². The number of nitrogens with zero attached hydrogens (tertiary/aromatic N) is 2. The molecular formula is C23H20Cl2F3N3O. The van der Waals surface area contributed by atoms with Crippen LogP contribution in [-0.4, -0.2) is 30.5 Å². The lowest BCUT2D eigenvalue weighted by atomic mass is 9.95. The van der Waals surface area contributed by atoms with Crippen molar-refractivity contribution in [3.63, 3.8) is 0 Å². The highest BCUT2D eigenvalue weighted by Gasteiger charge is 2.31. The van der Waals surface area contributed by atoms with E-state index in [0.717, 1.165) is 48.3 Å². The molecule has 2 heterocycles. The van der Waals surface area contributed by atoms with Crippen LogP contribution in [0.4, 0.5) is 18.9 Å². The zero-order valence-corrected chi connectivity index (χ0v) is 18.4. The second kappa shape index (κ2) is 9.17. The molecule has 0 amide bonds. The van der Waals surface area contributed by atoms with E-state index in [0.29, 0.717) is 15.6 Å². The first kappa shape index (κ1) is 22.7. The van der Waals surface area contributed by atoms with Gasteiger partial charge in [-0.1, -0.05) is 35.3 Å². The van der Waals surface area contributed by atoms with Gasteiger partial charge in [0.25, 0.3) is 0 Å².